The van der Waals surface area contributed by atoms with E-state index in [2.05, 4.69) is 91.0 Å². The van der Waals surface area contributed by atoms with Gasteiger partial charge in [-0.3, -0.25) is 4.79 Å². The summed E-state index contributed by atoms with van der Waals surface area (Å²) in [7, 11) is 0. The van der Waals surface area contributed by atoms with Crippen molar-refractivity contribution in [2.45, 2.75) is 108 Å². The summed E-state index contributed by atoms with van der Waals surface area (Å²) in [5, 5.41) is 23.7. The first-order valence-corrected chi connectivity index (χ1v) is 20.4. The Hall–Kier alpha value is -3.89. The van der Waals surface area contributed by atoms with Crippen LogP contribution >= 0.6 is 0 Å². The third-order valence-corrected chi connectivity index (χ3v) is 13.3. The molecule has 7 atom stereocenters. The molecule has 4 aliphatic carbocycles. The number of aliphatic carboxylic acids is 1. The van der Waals surface area contributed by atoms with E-state index in [1.165, 1.54) is 72.1 Å². The molecule has 52 heavy (non-hydrogen) atoms. The molecule has 0 amide bonds. The van der Waals surface area contributed by atoms with E-state index in [1.807, 2.05) is 12.1 Å². The SMILES string of the molecule is NCCC1=CC(CCCCCCC2CC=CCC(C(=O)O)C3(CCC4C=c5ccccc5=CC4C3)c3cccc(c3)CC2c2ccc(O)cc2)CC1. The molecule has 0 aromatic heterocycles. The molecule has 0 aliphatic heterocycles. The minimum Gasteiger partial charge on any atom is -0.508 e. The third kappa shape index (κ3) is 8.33. The molecule has 3 aromatic rings. The molecule has 4 heteroatoms. The summed E-state index contributed by atoms with van der Waals surface area (Å²) in [4.78, 5) is 13.3. The Balaban J connectivity index is 1.13. The summed E-state index contributed by atoms with van der Waals surface area (Å²) in [5.74, 6) is 1.41. The number of phenols is 1. The number of carboxylic acid groups (broad SMARTS) is 1. The molecule has 1 spiro atoms. The number of unbranched alkanes of at least 4 members (excludes halogenated alkanes) is 3. The van der Waals surface area contributed by atoms with Gasteiger partial charge in [-0.25, -0.2) is 0 Å². The number of fused-ring (bicyclic) bond motifs is 5. The number of hydrogen-bond acceptors (Lipinski definition) is 3. The Morgan fingerprint density at radius 1 is 0.808 bits per heavy atom. The molecule has 4 nitrogen and oxygen atoms in total. The molecule has 7 rings (SSSR count). The van der Waals surface area contributed by atoms with Crippen molar-refractivity contribution in [3.05, 3.63) is 124 Å². The zero-order valence-electron chi connectivity index (χ0n) is 31.0. The number of carbonyl (C=O) groups is 1. The zero-order valence-corrected chi connectivity index (χ0v) is 31.0. The minimum atomic E-state index is -0.673. The highest BCUT2D eigenvalue weighted by Gasteiger charge is 2.49. The van der Waals surface area contributed by atoms with Crippen molar-refractivity contribution in [2.24, 2.45) is 35.3 Å². The summed E-state index contributed by atoms with van der Waals surface area (Å²) in [6.07, 6.45) is 28.1. The van der Waals surface area contributed by atoms with Gasteiger partial charge in [-0.05, 0) is 146 Å². The standard InChI is InChI=1S/C48H59NO3/c49-27-25-35-19-18-34(28-35)10-3-1-2-4-12-37-13-7-8-17-46(47(51)52)48(26-24-41-31-39-14-5-6-15-40(39)32-42(41)33-48)43-16-9-11-36(29-43)30-45(37)38-20-22-44(50)23-21-38/h5-9,11,14-16,20-23,28-29,31-32,34,37,41-42,45-46,50H,1-4,10,12-13,17-19,24-27,30,33,49H2,(H,51,52). The number of allylic oxidation sites excluding steroid dienone is 3. The Morgan fingerprint density at radius 3 is 2.33 bits per heavy atom. The van der Waals surface area contributed by atoms with Gasteiger partial charge in [0.1, 0.15) is 5.75 Å². The number of rotatable bonds is 11. The molecular formula is C48H59NO3. The number of aromatic hydroxyl groups is 1. The highest BCUT2D eigenvalue weighted by molar-refractivity contribution is 5.73. The maximum atomic E-state index is 13.3. The van der Waals surface area contributed by atoms with E-state index in [0.29, 0.717) is 35.8 Å². The Morgan fingerprint density at radius 2 is 1.56 bits per heavy atom. The van der Waals surface area contributed by atoms with E-state index in [0.717, 1.165) is 57.4 Å². The van der Waals surface area contributed by atoms with Crippen LogP contribution in [-0.4, -0.2) is 22.7 Å². The van der Waals surface area contributed by atoms with Gasteiger partial charge in [-0.2, -0.15) is 0 Å². The molecule has 7 unspecified atom stereocenters. The number of nitrogens with two attached hydrogens (primary N) is 1. The van der Waals surface area contributed by atoms with Crippen LogP contribution < -0.4 is 16.2 Å². The van der Waals surface area contributed by atoms with Crippen LogP contribution in [0.4, 0.5) is 0 Å². The highest BCUT2D eigenvalue weighted by atomic mass is 16.4. The van der Waals surface area contributed by atoms with Gasteiger partial charge < -0.3 is 15.9 Å². The van der Waals surface area contributed by atoms with E-state index in [-0.39, 0.29) is 0 Å². The average molecular weight is 698 g/mol. The molecule has 1 saturated carbocycles. The van der Waals surface area contributed by atoms with Gasteiger partial charge in [0.25, 0.3) is 0 Å². The second-order valence-electron chi connectivity index (χ2n) is 16.5. The molecule has 274 valence electrons. The van der Waals surface area contributed by atoms with Crippen LogP contribution in [0, 0.1) is 29.6 Å². The number of phenolic OH excluding ortho intramolecular Hbond substituents is 1. The molecule has 0 radical (unpaired) electrons. The summed E-state index contributed by atoms with van der Waals surface area (Å²) in [6, 6.07) is 25.6. The second-order valence-corrected chi connectivity index (χ2v) is 16.5. The van der Waals surface area contributed by atoms with Crippen LogP contribution in [0.3, 0.4) is 0 Å². The smallest absolute Gasteiger partial charge is 0.307 e. The van der Waals surface area contributed by atoms with Gasteiger partial charge in [0, 0.05) is 5.41 Å². The maximum absolute atomic E-state index is 13.3. The van der Waals surface area contributed by atoms with Crippen molar-refractivity contribution in [1.82, 2.24) is 0 Å². The quantitative estimate of drug-likeness (QED) is 0.138. The van der Waals surface area contributed by atoms with Gasteiger partial charge in [-0.15, -0.1) is 0 Å². The lowest BCUT2D eigenvalue weighted by atomic mass is 9.55. The topological polar surface area (TPSA) is 83.6 Å². The Kier molecular flexibility index (Phi) is 11.8. The van der Waals surface area contributed by atoms with Crippen LogP contribution in [0.1, 0.15) is 112 Å². The molecular weight excluding hydrogens is 639 g/mol. The lowest BCUT2D eigenvalue weighted by molar-refractivity contribution is -0.145. The van der Waals surface area contributed by atoms with Crippen LogP contribution in [0.5, 0.6) is 5.75 Å². The summed E-state index contributed by atoms with van der Waals surface area (Å²) in [5.41, 5.74) is 10.7. The van der Waals surface area contributed by atoms with Crippen LogP contribution in [0.25, 0.3) is 12.2 Å². The van der Waals surface area contributed by atoms with Gasteiger partial charge in [0.05, 0.1) is 5.92 Å². The second kappa shape index (κ2) is 16.8. The Bertz CT molecular complexity index is 1860. The fraction of sp³-hybridized carbons (Fsp3) is 0.479. The fourth-order valence-electron chi connectivity index (χ4n) is 10.5. The van der Waals surface area contributed by atoms with Crippen molar-refractivity contribution >= 4 is 18.1 Å². The van der Waals surface area contributed by atoms with Crippen molar-refractivity contribution < 1.29 is 15.0 Å². The van der Waals surface area contributed by atoms with Crippen LogP contribution in [-0.2, 0) is 16.6 Å². The van der Waals surface area contributed by atoms with Crippen LogP contribution in [0.2, 0.25) is 0 Å². The lowest BCUT2D eigenvalue weighted by Crippen LogP contribution is -2.47. The fourth-order valence-corrected chi connectivity index (χ4v) is 10.5. The third-order valence-electron chi connectivity index (χ3n) is 13.3. The van der Waals surface area contributed by atoms with Crippen molar-refractivity contribution in [3.8, 4) is 5.75 Å². The molecule has 1 fully saturated rings. The first-order chi connectivity index (χ1) is 25.4. The van der Waals surface area contributed by atoms with Crippen LogP contribution in [0.15, 0.2) is 96.6 Å². The van der Waals surface area contributed by atoms with Crippen molar-refractivity contribution in [1.29, 1.82) is 0 Å². The van der Waals surface area contributed by atoms with E-state index < -0.39 is 17.3 Å². The Labute approximate surface area is 311 Å². The normalized spacial score (nSPS) is 28.4. The van der Waals surface area contributed by atoms with Crippen molar-refractivity contribution in [3.63, 3.8) is 0 Å². The van der Waals surface area contributed by atoms with Gasteiger partial charge in [-0.1, -0.05) is 122 Å². The largest absolute Gasteiger partial charge is 0.508 e. The summed E-state index contributed by atoms with van der Waals surface area (Å²) in [6.45, 7) is 0.765. The predicted molar refractivity (Wildman–Crippen MR) is 213 cm³/mol. The van der Waals surface area contributed by atoms with E-state index in [4.69, 9.17) is 5.73 Å². The monoisotopic (exact) mass is 697 g/mol. The van der Waals surface area contributed by atoms with E-state index in [1.54, 1.807) is 5.57 Å². The minimum absolute atomic E-state index is 0.305. The number of benzene rings is 3. The number of carboxylic acids is 1. The predicted octanol–water partition coefficient (Wildman–Crippen LogP) is 9.34. The number of hydrogen-bond donors (Lipinski definition) is 3. The van der Waals surface area contributed by atoms with Gasteiger partial charge in [0.15, 0.2) is 0 Å². The van der Waals surface area contributed by atoms with Gasteiger partial charge in [0.2, 0.25) is 0 Å². The van der Waals surface area contributed by atoms with E-state index in [9.17, 15) is 15.0 Å². The molecule has 4 aliphatic rings. The molecule has 0 heterocycles. The summed E-state index contributed by atoms with van der Waals surface area (Å²) >= 11 is 0. The highest BCUT2D eigenvalue weighted by Crippen LogP contribution is 2.52. The lowest BCUT2D eigenvalue weighted by Gasteiger charge is -2.48. The molecule has 2 bridgehead atoms. The molecule has 3 aromatic carbocycles. The van der Waals surface area contributed by atoms with Crippen molar-refractivity contribution in [2.75, 3.05) is 6.54 Å². The zero-order chi connectivity index (χ0) is 35.9. The molecule has 0 saturated heterocycles. The first-order valence-electron chi connectivity index (χ1n) is 20.4. The maximum Gasteiger partial charge on any atom is 0.307 e. The average Bonchev–Trinajstić information content (AvgIpc) is 3.60. The van der Waals surface area contributed by atoms with Gasteiger partial charge >= 0.3 is 5.97 Å². The molecule has 4 N–H and O–H groups in total. The summed E-state index contributed by atoms with van der Waals surface area (Å²) < 4.78 is 0. The van der Waals surface area contributed by atoms with E-state index >= 15 is 0 Å². The first kappa shape index (κ1) is 36.5.